The Balaban J connectivity index is 0.00000683. The number of ether oxygens (including phenoxy) is 1. The van der Waals surface area contributed by atoms with Gasteiger partial charge in [0.05, 0.1) is 36.1 Å². The van der Waals surface area contributed by atoms with E-state index in [4.69, 9.17) is 17.0 Å². The lowest BCUT2D eigenvalue weighted by Crippen LogP contribution is -2.54. The lowest BCUT2D eigenvalue weighted by Gasteiger charge is -2.39. The topological polar surface area (TPSA) is 150 Å². The molecule has 0 saturated carbocycles. The van der Waals surface area contributed by atoms with E-state index in [0.717, 1.165) is 17.0 Å². The first kappa shape index (κ1) is 45.7. The van der Waals surface area contributed by atoms with E-state index in [1.54, 1.807) is 56.3 Å². The van der Waals surface area contributed by atoms with Gasteiger partial charge in [-0.15, -0.1) is 12.4 Å². The standard InChI is InChI=1S/C41H44F4N8O5S.ClH/c1-25-23-50(15-16-51(25)24-36(55)48-29-6-4-5-28(20-29)47-33-10-12-35(54)49-37(33)56)17-18-58-34-11-9-31(19-26(34)13-14-42)53-39(59)52(38(57)40(53,2)3)30-8-7-27(22-46)32(21-30)41(43,44)45;/h4-9,11,19-21,25,33,47H,10,12-18,23-24H2,1-3H3,(H,48,55)(H,49,54,56);1H/t25-,33?;/m1./s1. The first-order valence-corrected chi connectivity index (χ1v) is 19.5. The molecule has 1 unspecified atom stereocenters. The number of hydrogen-bond donors (Lipinski definition) is 3. The Labute approximate surface area is 356 Å². The van der Waals surface area contributed by atoms with Crippen LogP contribution in [0.5, 0.6) is 5.75 Å². The second-order valence-corrected chi connectivity index (χ2v) is 15.5. The van der Waals surface area contributed by atoms with Crippen LogP contribution in [0.3, 0.4) is 0 Å². The monoisotopic (exact) mass is 872 g/mol. The van der Waals surface area contributed by atoms with Crippen molar-refractivity contribution >= 4 is 76.1 Å². The maximum atomic E-state index is 13.8. The Kier molecular flexibility index (Phi) is 14.4. The molecule has 19 heteroatoms. The van der Waals surface area contributed by atoms with E-state index < -0.39 is 41.5 Å². The molecule has 3 heterocycles. The van der Waals surface area contributed by atoms with Crippen molar-refractivity contribution in [1.82, 2.24) is 15.1 Å². The highest BCUT2D eigenvalue weighted by atomic mass is 35.5. The Morgan fingerprint density at radius 2 is 1.78 bits per heavy atom. The summed E-state index contributed by atoms with van der Waals surface area (Å²) in [5, 5.41) is 17.5. The predicted octanol–water partition coefficient (Wildman–Crippen LogP) is 5.67. The number of alkyl halides is 4. The van der Waals surface area contributed by atoms with E-state index in [1.165, 1.54) is 17.0 Å². The van der Waals surface area contributed by atoms with E-state index >= 15 is 0 Å². The lowest BCUT2D eigenvalue weighted by atomic mass is 10.0. The van der Waals surface area contributed by atoms with Crippen LogP contribution >= 0.6 is 24.6 Å². The Morgan fingerprint density at radius 1 is 1.05 bits per heavy atom. The molecule has 0 bridgehead atoms. The minimum Gasteiger partial charge on any atom is -0.492 e. The molecule has 3 N–H and O–H groups in total. The number of nitrogens with one attached hydrogen (secondary N) is 3. The molecule has 3 fully saturated rings. The number of nitriles is 1. The summed E-state index contributed by atoms with van der Waals surface area (Å²) in [5.74, 6) is -0.993. The zero-order chi connectivity index (χ0) is 42.6. The summed E-state index contributed by atoms with van der Waals surface area (Å²) in [6, 6.07) is 16.1. The van der Waals surface area contributed by atoms with Crippen molar-refractivity contribution in [1.29, 1.82) is 5.26 Å². The first-order valence-electron chi connectivity index (χ1n) is 19.1. The van der Waals surface area contributed by atoms with Crippen LogP contribution in [0.15, 0.2) is 60.7 Å². The fraction of sp³-hybridized carbons (Fsp3) is 0.415. The minimum atomic E-state index is -4.83. The van der Waals surface area contributed by atoms with Crippen molar-refractivity contribution in [2.45, 2.75) is 63.8 Å². The van der Waals surface area contributed by atoms with Crippen molar-refractivity contribution in [3.05, 3.63) is 77.4 Å². The first-order chi connectivity index (χ1) is 28.0. The maximum Gasteiger partial charge on any atom is 0.417 e. The van der Waals surface area contributed by atoms with Gasteiger partial charge in [0.1, 0.15) is 23.9 Å². The molecule has 13 nitrogen and oxygen atoms in total. The highest BCUT2D eigenvalue weighted by Gasteiger charge is 2.51. The molecule has 0 radical (unpaired) electrons. The molecule has 0 aromatic heterocycles. The number of carbonyl (C=O) groups excluding carboxylic acids is 4. The van der Waals surface area contributed by atoms with E-state index in [1.807, 2.05) is 6.92 Å². The third kappa shape index (κ3) is 10.1. The van der Waals surface area contributed by atoms with Gasteiger partial charge in [0.15, 0.2) is 5.11 Å². The highest BCUT2D eigenvalue weighted by molar-refractivity contribution is 7.81. The number of thiocarbonyl (C=S) groups is 1. The van der Waals surface area contributed by atoms with Gasteiger partial charge in [-0.2, -0.15) is 18.4 Å². The molecule has 3 aromatic rings. The molecule has 0 spiro atoms. The Hall–Kier alpha value is -5.35. The van der Waals surface area contributed by atoms with Gasteiger partial charge in [-0.05, 0) is 99.6 Å². The van der Waals surface area contributed by atoms with Crippen molar-refractivity contribution < 1.29 is 41.5 Å². The molecule has 4 amide bonds. The Bertz CT molecular complexity index is 2190. The number of anilines is 4. The molecule has 2 atom stereocenters. The number of aryl methyl sites for hydroxylation is 1. The number of rotatable bonds is 13. The third-order valence-corrected chi connectivity index (χ3v) is 11.0. The van der Waals surface area contributed by atoms with Crippen LogP contribution < -0.4 is 30.5 Å². The largest absolute Gasteiger partial charge is 0.492 e. The van der Waals surface area contributed by atoms with Crippen molar-refractivity contribution in [3.63, 3.8) is 0 Å². The smallest absolute Gasteiger partial charge is 0.417 e. The summed E-state index contributed by atoms with van der Waals surface area (Å²) in [5.41, 5.74) is -1.04. The summed E-state index contributed by atoms with van der Waals surface area (Å²) in [6.07, 6.45) is -4.19. The predicted molar refractivity (Wildman–Crippen MR) is 224 cm³/mol. The second kappa shape index (κ2) is 18.9. The SMILES string of the molecule is C[C@@H]1CN(CCOc2ccc(N3C(=S)N(c4ccc(C#N)c(C(F)(F)F)c4)C(=O)C3(C)C)cc2CCF)CCN1CC(=O)Nc1cccc(NC2CCC(=O)NC2=O)c1.Cl. The lowest BCUT2D eigenvalue weighted by molar-refractivity contribution is -0.138. The number of hydrogen-bond acceptors (Lipinski definition) is 10. The number of nitrogens with zero attached hydrogens (tertiary/aromatic N) is 5. The highest BCUT2D eigenvalue weighted by Crippen LogP contribution is 2.40. The minimum absolute atomic E-state index is 0. The number of amides is 4. The Morgan fingerprint density at radius 3 is 2.47 bits per heavy atom. The second-order valence-electron chi connectivity index (χ2n) is 15.1. The molecule has 3 saturated heterocycles. The third-order valence-electron chi connectivity index (χ3n) is 10.6. The van der Waals surface area contributed by atoms with Crippen LogP contribution in [0.25, 0.3) is 0 Å². The van der Waals surface area contributed by atoms with Gasteiger partial charge in [0.25, 0.3) is 5.91 Å². The van der Waals surface area contributed by atoms with E-state index in [0.29, 0.717) is 61.0 Å². The molecule has 3 aromatic carbocycles. The fourth-order valence-electron chi connectivity index (χ4n) is 7.50. The molecule has 3 aliphatic rings. The average molecular weight is 873 g/mol. The van der Waals surface area contributed by atoms with Crippen LogP contribution in [0, 0.1) is 11.3 Å². The van der Waals surface area contributed by atoms with Crippen molar-refractivity contribution in [3.8, 4) is 11.8 Å². The van der Waals surface area contributed by atoms with Gasteiger partial charge in [-0.3, -0.25) is 43.6 Å². The summed E-state index contributed by atoms with van der Waals surface area (Å²) < 4.78 is 61.3. The van der Waals surface area contributed by atoms with Crippen LogP contribution in [-0.2, 0) is 31.8 Å². The number of imide groups is 1. The molecule has 3 aliphatic heterocycles. The van der Waals surface area contributed by atoms with Gasteiger partial charge >= 0.3 is 6.18 Å². The molecule has 6 rings (SSSR count). The normalized spacial score (nSPS) is 19.7. The van der Waals surface area contributed by atoms with E-state index in [-0.39, 0.29) is 73.0 Å². The summed E-state index contributed by atoms with van der Waals surface area (Å²) in [7, 11) is 0. The summed E-state index contributed by atoms with van der Waals surface area (Å²) in [6.45, 7) is 7.54. The van der Waals surface area contributed by atoms with Gasteiger partial charge in [-0.1, -0.05) is 6.07 Å². The molecule has 320 valence electrons. The van der Waals surface area contributed by atoms with E-state index in [9.17, 15) is 42.0 Å². The number of benzene rings is 3. The number of piperidine rings is 1. The summed E-state index contributed by atoms with van der Waals surface area (Å²) >= 11 is 5.67. The van der Waals surface area contributed by atoms with Crippen LogP contribution in [0.1, 0.15) is 50.3 Å². The van der Waals surface area contributed by atoms with Crippen LogP contribution in [0.2, 0.25) is 0 Å². The summed E-state index contributed by atoms with van der Waals surface area (Å²) in [4.78, 5) is 57.1. The number of carbonyl (C=O) groups is 4. The van der Waals surface area contributed by atoms with E-state index in [2.05, 4.69) is 25.8 Å². The fourth-order valence-corrected chi connectivity index (χ4v) is 8.02. The van der Waals surface area contributed by atoms with Crippen LogP contribution in [0.4, 0.5) is 40.3 Å². The van der Waals surface area contributed by atoms with Crippen LogP contribution in [-0.4, -0.2) is 102 Å². The molecular weight excluding hydrogens is 828 g/mol. The molecule has 0 aliphatic carbocycles. The zero-order valence-corrected chi connectivity index (χ0v) is 34.7. The van der Waals surface area contributed by atoms with Crippen molar-refractivity contribution in [2.24, 2.45) is 0 Å². The zero-order valence-electron chi connectivity index (χ0n) is 33.1. The number of halogens is 5. The maximum absolute atomic E-state index is 13.8. The number of piperazine rings is 1. The quantitative estimate of drug-likeness (QED) is 0.111. The van der Waals surface area contributed by atoms with Gasteiger partial charge < -0.3 is 20.3 Å². The molecular formula is C41H45ClF4N8O5S. The average Bonchev–Trinajstić information content (AvgIpc) is 3.35. The van der Waals surface area contributed by atoms with Gasteiger partial charge in [0, 0.05) is 62.1 Å². The molecule has 60 heavy (non-hydrogen) atoms. The van der Waals surface area contributed by atoms with Gasteiger partial charge in [0.2, 0.25) is 17.7 Å². The van der Waals surface area contributed by atoms with Gasteiger partial charge in [-0.25, -0.2) is 0 Å². The van der Waals surface area contributed by atoms with Crippen molar-refractivity contribution in [2.75, 3.05) is 66.4 Å².